The van der Waals surface area contributed by atoms with Crippen molar-refractivity contribution in [2.24, 2.45) is 10.8 Å². The minimum Gasteiger partial charge on any atom is -0.386 e. The summed E-state index contributed by atoms with van der Waals surface area (Å²) in [7, 11) is 0. The molecule has 1 heterocycles. The summed E-state index contributed by atoms with van der Waals surface area (Å²) in [6, 6.07) is 4.34. The zero-order valence-corrected chi connectivity index (χ0v) is 13.1. The van der Waals surface area contributed by atoms with Crippen molar-refractivity contribution in [3.63, 3.8) is 0 Å². The van der Waals surface area contributed by atoms with Gasteiger partial charge in [0, 0.05) is 9.35 Å². The van der Waals surface area contributed by atoms with Crippen molar-refractivity contribution in [3.8, 4) is 6.07 Å². The summed E-state index contributed by atoms with van der Waals surface area (Å²) < 4.78 is 0.916. The van der Waals surface area contributed by atoms with Crippen molar-refractivity contribution in [2.75, 3.05) is 0 Å². The molecule has 1 unspecified atom stereocenters. The number of aliphatic hydroxyl groups is 1. The molecule has 1 aromatic rings. The number of rotatable bonds is 2. The molecule has 1 aliphatic carbocycles. The van der Waals surface area contributed by atoms with Crippen LogP contribution in [0.15, 0.2) is 15.9 Å². The van der Waals surface area contributed by atoms with Crippen LogP contribution in [0.1, 0.15) is 50.5 Å². The van der Waals surface area contributed by atoms with Crippen LogP contribution in [0.2, 0.25) is 0 Å². The molecule has 98 valence electrons. The van der Waals surface area contributed by atoms with Crippen LogP contribution in [0.4, 0.5) is 0 Å². The summed E-state index contributed by atoms with van der Waals surface area (Å²) in [6.45, 7) is 4.48. The summed E-state index contributed by atoms with van der Waals surface area (Å²) in [6.07, 6.45) is 2.89. The molecule has 0 aromatic carbocycles. The molecule has 1 aromatic heterocycles. The second-order valence-electron chi connectivity index (χ2n) is 5.97. The van der Waals surface area contributed by atoms with E-state index in [9.17, 15) is 10.4 Å². The smallest absolute Gasteiger partial charge is 0.108 e. The fourth-order valence-electron chi connectivity index (χ4n) is 2.57. The van der Waals surface area contributed by atoms with Crippen molar-refractivity contribution < 1.29 is 5.11 Å². The number of nitriles is 1. The van der Waals surface area contributed by atoms with Gasteiger partial charge in [0.25, 0.3) is 0 Å². The second kappa shape index (κ2) is 4.96. The number of halogens is 1. The molecule has 0 saturated heterocycles. The third-order valence-corrected chi connectivity index (χ3v) is 6.06. The van der Waals surface area contributed by atoms with Crippen molar-refractivity contribution in [2.45, 2.75) is 45.6 Å². The first-order chi connectivity index (χ1) is 8.40. The number of hydrogen-bond donors (Lipinski definition) is 1. The van der Waals surface area contributed by atoms with Gasteiger partial charge < -0.3 is 5.11 Å². The molecule has 0 spiro atoms. The lowest BCUT2D eigenvalue weighted by molar-refractivity contribution is 0.0114. The second-order valence-corrected chi connectivity index (χ2v) is 7.77. The third kappa shape index (κ3) is 2.49. The standard InChI is InChI=1S/C14H18BrNOS/c1-13(2)4-6-14(9-16,7-5-13)12(17)11-10(15)3-8-18-11/h3,8,12,17H,4-7H2,1-2H3. The van der Waals surface area contributed by atoms with Gasteiger partial charge in [-0.3, -0.25) is 0 Å². The minimum absolute atomic E-state index is 0.298. The molecule has 1 N–H and O–H groups in total. The topological polar surface area (TPSA) is 44.0 Å². The maximum absolute atomic E-state index is 10.6. The normalized spacial score (nSPS) is 23.3. The highest BCUT2D eigenvalue weighted by atomic mass is 79.9. The Hall–Kier alpha value is -0.370. The molecule has 2 rings (SSSR count). The predicted octanol–water partition coefficient (Wildman–Crippen LogP) is 4.65. The quantitative estimate of drug-likeness (QED) is 0.858. The highest BCUT2D eigenvalue weighted by molar-refractivity contribution is 9.10. The number of aliphatic hydroxyl groups excluding tert-OH is 1. The maximum atomic E-state index is 10.6. The Labute approximate surface area is 121 Å². The van der Waals surface area contributed by atoms with Gasteiger partial charge in [-0.05, 0) is 58.5 Å². The molecule has 0 bridgehead atoms. The van der Waals surface area contributed by atoms with Crippen LogP contribution in [0.5, 0.6) is 0 Å². The predicted molar refractivity (Wildman–Crippen MR) is 77.3 cm³/mol. The summed E-state index contributed by atoms with van der Waals surface area (Å²) in [5, 5.41) is 22.1. The molecule has 0 amide bonds. The van der Waals surface area contributed by atoms with Gasteiger partial charge in [-0.25, -0.2) is 0 Å². The van der Waals surface area contributed by atoms with Gasteiger partial charge in [-0.15, -0.1) is 11.3 Å². The summed E-state index contributed by atoms with van der Waals surface area (Å²) in [5.74, 6) is 0. The number of nitrogens with zero attached hydrogens (tertiary/aromatic N) is 1. The molecule has 1 atom stereocenters. The average molecular weight is 328 g/mol. The number of hydrogen-bond acceptors (Lipinski definition) is 3. The van der Waals surface area contributed by atoms with Crippen LogP contribution in [-0.2, 0) is 0 Å². The minimum atomic E-state index is -0.673. The van der Waals surface area contributed by atoms with E-state index in [1.807, 2.05) is 11.4 Å². The lowest BCUT2D eigenvalue weighted by Gasteiger charge is -2.41. The van der Waals surface area contributed by atoms with Crippen LogP contribution in [0.25, 0.3) is 0 Å². The highest BCUT2D eigenvalue weighted by Crippen LogP contribution is 2.52. The molecule has 1 aliphatic rings. The average Bonchev–Trinajstić information content (AvgIpc) is 2.75. The largest absolute Gasteiger partial charge is 0.386 e. The molecule has 4 heteroatoms. The van der Waals surface area contributed by atoms with Crippen LogP contribution in [-0.4, -0.2) is 5.11 Å². The van der Waals surface area contributed by atoms with E-state index in [-0.39, 0.29) is 0 Å². The van der Waals surface area contributed by atoms with E-state index < -0.39 is 11.5 Å². The Bertz CT molecular complexity index is 464. The maximum Gasteiger partial charge on any atom is 0.108 e. The Kier molecular flexibility index (Phi) is 3.87. The summed E-state index contributed by atoms with van der Waals surface area (Å²) in [5.41, 5.74) is -0.310. The van der Waals surface area contributed by atoms with Crippen LogP contribution in [0, 0.1) is 22.2 Å². The highest BCUT2D eigenvalue weighted by Gasteiger charge is 2.45. The lowest BCUT2D eigenvalue weighted by atomic mass is 9.63. The van der Waals surface area contributed by atoms with Gasteiger partial charge in [0.2, 0.25) is 0 Å². The van der Waals surface area contributed by atoms with Gasteiger partial charge >= 0.3 is 0 Å². The monoisotopic (exact) mass is 327 g/mol. The third-order valence-electron chi connectivity index (χ3n) is 4.13. The van der Waals surface area contributed by atoms with Crippen LogP contribution < -0.4 is 0 Å². The molecule has 2 nitrogen and oxygen atoms in total. The molecule has 0 radical (unpaired) electrons. The fourth-order valence-corrected chi connectivity index (χ4v) is 4.26. The van der Waals surface area contributed by atoms with E-state index >= 15 is 0 Å². The Morgan fingerprint density at radius 2 is 2.00 bits per heavy atom. The summed E-state index contributed by atoms with van der Waals surface area (Å²) >= 11 is 4.97. The fraction of sp³-hybridized carbons (Fsp3) is 0.643. The van der Waals surface area contributed by atoms with Crippen molar-refractivity contribution in [3.05, 3.63) is 20.8 Å². The van der Waals surface area contributed by atoms with E-state index in [1.165, 1.54) is 11.3 Å². The first-order valence-electron chi connectivity index (χ1n) is 6.22. The SMILES string of the molecule is CC1(C)CCC(C#N)(C(O)c2sccc2Br)CC1. The molecule has 18 heavy (non-hydrogen) atoms. The molecular formula is C14H18BrNOS. The summed E-state index contributed by atoms with van der Waals surface area (Å²) in [4.78, 5) is 0.885. The van der Waals surface area contributed by atoms with Crippen molar-refractivity contribution in [1.29, 1.82) is 5.26 Å². The lowest BCUT2D eigenvalue weighted by Crippen LogP contribution is -2.35. The zero-order chi connectivity index (χ0) is 13.4. The molecule has 1 saturated carbocycles. The van der Waals surface area contributed by atoms with Gasteiger partial charge in [0.1, 0.15) is 6.10 Å². The molecule has 0 aliphatic heterocycles. The first kappa shape index (κ1) is 14.0. The van der Waals surface area contributed by atoms with E-state index in [0.717, 1.165) is 35.0 Å². The Morgan fingerprint density at radius 1 is 1.39 bits per heavy atom. The molecule has 1 fully saturated rings. The zero-order valence-electron chi connectivity index (χ0n) is 10.7. The molecular weight excluding hydrogens is 310 g/mol. The van der Waals surface area contributed by atoms with Gasteiger partial charge in [-0.1, -0.05) is 13.8 Å². The van der Waals surface area contributed by atoms with Crippen molar-refractivity contribution in [1.82, 2.24) is 0 Å². The van der Waals surface area contributed by atoms with Crippen molar-refractivity contribution >= 4 is 27.3 Å². The van der Waals surface area contributed by atoms with Crippen LogP contribution >= 0.6 is 27.3 Å². The Morgan fingerprint density at radius 3 is 2.44 bits per heavy atom. The van der Waals surface area contributed by atoms with Gasteiger partial charge in [0.05, 0.1) is 11.5 Å². The number of thiophene rings is 1. The van der Waals surface area contributed by atoms with E-state index in [2.05, 4.69) is 35.8 Å². The van der Waals surface area contributed by atoms with E-state index in [0.29, 0.717) is 5.41 Å². The van der Waals surface area contributed by atoms with E-state index in [1.54, 1.807) is 0 Å². The van der Waals surface area contributed by atoms with Crippen LogP contribution in [0.3, 0.4) is 0 Å². The van der Waals surface area contributed by atoms with Gasteiger partial charge in [0.15, 0.2) is 0 Å². The Balaban J connectivity index is 2.25. The van der Waals surface area contributed by atoms with E-state index in [4.69, 9.17) is 0 Å². The first-order valence-corrected chi connectivity index (χ1v) is 7.90. The van der Waals surface area contributed by atoms with Gasteiger partial charge in [-0.2, -0.15) is 5.26 Å².